The van der Waals surface area contributed by atoms with Crippen molar-refractivity contribution >= 4 is 5.97 Å². The van der Waals surface area contributed by atoms with Crippen molar-refractivity contribution in [1.82, 2.24) is 0 Å². The van der Waals surface area contributed by atoms with E-state index in [0.717, 1.165) is 0 Å². The van der Waals surface area contributed by atoms with Crippen LogP contribution in [-0.2, 0) is 9.53 Å². The average Bonchev–Trinajstić information content (AvgIpc) is 2.40. The Labute approximate surface area is 61.0 Å². The molecular formula is C7H14O3. The first-order valence-electron chi connectivity index (χ1n) is 3.63. The summed E-state index contributed by atoms with van der Waals surface area (Å²) in [7, 11) is 0. The van der Waals surface area contributed by atoms with Gasteiger partial charge in [0, 0.05) is 6.42 Å². The lowest BCUT2D eigenvalue weighted by molar-refractivity contribution is -0.142. The Morgan fingerprint density at radius 3 is 2.50 bits per heavy atom. The summed E-state index contributed by atoms with van der Waals surface area (Å²) in [5, 5.41) is 8.41. The summed E-state index contributed by atoms with van der Waals surface area (Å²) in [5.74, 6) is -0.191. The van der Waals surface area contributed by atoms with Crippen LogP contribution in [0.1, 0.15) is 26.7 Å². The number of aliphatic hydroxyl groups excluding tert-OH is 1. The smallest absolute Gasteiger partial charge is 0.306 e. The minimum atomic E-state index is -0.220. The molecule has 3 heteroatoms. The molecule has 1 aliphatic rings. The number of hydrogen-bond donors (Lipinski definition) is 1. The van der Waals surface area contributed by atoms with Crippen LogP contribution in [0.2, 0.25) is 0 Å². The molecule has 1 heterocycles. The summed E-state index contributed by atoms with van der Waals surface area (Å²) < 4.78 is 4.62. The zero-order chi connectivity index (χ0) is 7.98. The van der Waals surface area contributed by atoms with E-state index in [2.05, 4.69) is 4.74 Å². The largest absolute Gasteiger partial charge is 0.460 e. The summed E-state index contributed by atoms with van der Waals surface area (Å²) >= 11 is 0. The Kier molecular flexibility index (Phi) is 4.94. The molecular weight excluding hydrogens is 132 g/mol. The molecule has 60 valence electrons. The average molecular weight is 146 g/mol. The lowest BCUT2D eigenvalue weighted by Crippen LogP contribution is -2.10. The van der Waals surface area contributed by atoms with E-state index in [1.165, 1.54) is 0 Å². The van der Waals surface area contributed by atoms with Crippen LogP contribution in [0.15, 0.2) is 0 Å². The van der Waals surface area contributed by atoms with E-state index in [9.17, 15) is 4.79 Å². The van der Waals surface area contributed by atoms with Crippen LogP contribution in [0.5, 0.6) is 0 Å². The molecule has 3 nitrogen and oxygen atoms in total. The van der Waals surface area contributed by atoms with Gasteiger partial charge in [-0.25, -0.2) is 0 Å². The normalized spacial score (nSPS) is 23.1. The van der Waals surface area contributed by atoms with Gasteiger partial charge in [-0.05, 0) is 6.42 Å². The van der Waals surface area contributed by atoms with Crippen LogP contribution >= 0.6 is 0 Å². The fraction of sp³-hybridized carbons (Fsp3) is 0.857. The van der Waals surface area contributed by atoms with E-state index in [4.69, 9.17) is 5.11 Å². The summed E-state index contributed by atoms with van der Waals surface area (Å²) in [6, 6.07) is 0. The number of aliphatic hydroxyl groups is 1. The van der Waals surface area contributed by atoms with Crippen LogP contribution in [0.3, 0.4) is 0 Å². The molecule has 0 saturated carbocycles. The molecule has 1 saturated heterocycles. The van der Waals surface area contributed by atoms with E-state index in [1.54, 1.807) is 0 Å². The number of ether oxygens (including phenoxy) is 1. The zero-order valence-corrected chi connectivity index (χ0v) is 6.46. The maximum atomic E-state index is 10.3. The molecule has 0 amide bonds. The fourth-order valence-electron chi connectivity index (χ4n) is 0.711. The molecule has 1 aliphatic heterocycles. The van der Waals surface area contributed by atoms with Crippen molar-refractivity contribution < 1.29 is 14.6 Å². The van der Waals surface area contributed by atoms with E-state index in [0.29, 0.717) is 12.8 Å². The summed E-state index contributed by atoms with van der Waals surface area (Å²) in [4.78, 5) is 10.3. The first-order valence-corrected chi connectivity index (χ1v) is 3.63. The Bertz CT molecular complexity index is 101. The third-order valence-corrected chi connectivity index (χ3v) is 1.17. The van der Waals surface area contributed by atoms with Gasteiger partial charge in [0.25, 0.3) is 0 Å². The summed E-state index contributed by atoms with van der Waals surface area (Å²) in [6.45, 7) is 3.96. The maximum Gasteiger partial charge on any atom is 0.306 e. The van der Waals surface area contributed by atoms with Gasteiger partial charge in [0.15, 0.2) is 0 Å². The van der Waals surface area contributed by atoms with Crippen molar-refractivity contribution in [2.45, 2.75) is 32.8 Å². The number of cyclic esters (lactones) is 1. The molecule has 0 bridgehead atoms. The van der Waals surface area contributed by atoms with Gasteiger partial charge in [0.1, 0.15) is 6.10 Å². The molecule has 1 rings (SSSR count). The van der Waals surface area contributed by atoms with E-state index >= 15 is 0 Å². The Morgan fingerprint density at radius 2 is 2.30 bits per heavy atom. The summed E-state index contributed by atoms with van der Waals surface area (Å²) in [5.41, 5.74) is 0. The van der Waals surface area contributed by atoms with Gasteiger partial charge in [-0.3, -0.25) is 4.79 Å². The van der Waals surface area contributed by atoms with Crippen molar-refractivity contribution in [2.75, 3.05) is 6.61 Å². The van der Waals surface area contributed by atoms with Gasteiger partial charge in [0.2, 0.25) is 0 Å². The molecule has 0 aliphatic carbocycles. The SMILES string of the molecule is CC.O=C1CCC(CO)O1. The quantitative estimate of drug-likeness (QED) is 0.554. The Balaban J connectivity index is 0.000000371. The lowest BCUT2D eigenvalue weighted by atomic mass is 10.2. The van der Waals surface area contributed by atoms with Gasteiger partial charge in [-0.2, -0.15) is 0 Å². The molecule has 0 spiro atoms. The number of rotatable bonds is 1. The standard InChI is InChI=1S/C5H8O3.C2H6/c6-3-4-1-2-5(7)8-4;1-2/h4,6H,1-3H2;1-2H3. The van der Waals surface area contributed by atoms with Gasteiger partial charge < -0.3 is 9.84 Å². The van der Waals surface area contributed by atoms with Crippen molar-refractivity contribution in [3.63, 3.8) is 0 Å². The van der Waals surface area contributed by atoms with Crippen LogP contribution < -0.4 is 0 Å². The fourth-order valence-corrected chi connectivity index (χ4v) is 0.711. The second-order valence-corrected chi connectivity index (χ2v) is 1.83. The van der Waals surface area contributed by atoms with Gasteiger partial charge in [-0.1, -0.05) is 13.8 Å². The van der Waals surface area contributed by atoms with Gasteiger partial charge in [-0.15, -0.1) is 0 Å². The van der Waals surface area contributed by atoms with Gasteiger partial charge in [0.05, 0.1) is 6.61 Å². The first-order chi connectivity index (χ1) is 4.83. The van der Waals surface area contributed by atoms with Crippen molar-refractivity contribution in [2.24, 2.45) is 0 Å². The number of carbonyl (C=O) groups excluding carboxylic acids is 1. The monoisotopic (exact) mass is 146 g/mol. The molecule has 0 aromatic heterocycles. The highest BCUT2D eigenvalue weighted by Gasteiger charge is 2.21. The van der Waals surface area contributed by atoms with Crippen molar-refractivity contribution in [3.05, 3.63) is 0 Å². The third-order valence-electron chi connectivity index (χ3n) is 1.17. The number of carbonyl (C=O) groups is 1. The minimum absolute atomic E-state index is 0.0360. The van der Waals surface area contributed by atoms with Crippen molar-refractivity contribution in [1.29, 1.82) is 0 Å². The second-order valence-electron chi connectivity index (χ2n) is 1.83. The predicted octanol–water partition coefficient (Wildman–Crippen LogP) is 0.710. The van der Waals surface area contributed by atoms with E-state index in [1.807, 2.05) is 13.8 Å². The number of hydrogen-bond acceptors (Lipinski definition) is 3. The predicted molar refractivity (Wildman–Crippen MR) is 37.5 cm³/mol. The van der Waals surface area contributed by atoms with E-state index < -0.39 is 0 Å². The van der Waals surface area contributed by atoms with E-state index in [-0.39, 0.29) is 18.7 Å². The molecule has 1 atom stereocenters. The van der Waals surface area contributed by atoms with Crippen LogP contribution in [-0.4, -0.2) is 23.8 Å². The highest BCUT2D eigenvalue weighted by Crippen LogP contribution is 2.11. The maximum absolute atomic E-state index is 10.3. The first kappa shape index (κ1) is 9.43. The van der Waals surface area contributed by atoms with Crippen LogP contribution in [0.4, 0.5) is 0 Å². The minimum Gasteiger partial charge on any atom is -0.460 e. The summed E-state index contributed by atoms with van der Waals surface area (Å²) in [6.07, 6.45) is 0.920. The van der Waals surface area contributed by atoms with Crippen molar-refractivity contribution in [3.8, 4) is 0 Å². The highest BCUT2D eigenvalue weighted by molar-refractivity contribution is 5.71. The lowest BCUT2D eigenvalue weighted by Gasteiger charge is -2.01. The molecule has 0 aromatic rings. The highest BCUT2D eigenvalue weighted by atomic mass is 16.6. The Morgan fingerprint density at radius 1 is 1.70 bits per heavy atom. The molecule has 1 fully saturated rings. The molecule has 10 heavy (non-hydrogen) atoms. The zero-order valence-electron chi connectivity index (χ0n) is 6.46. The molecule has 0 radical (unpaired) electrons. The molecule has 1 unspecified atom stereocenters. The number of esters is 1. The van der Waals surface area contributed by atoms with Crippen LogP contribution in [0.25, 0.3) is 0 Å². The Hall–Kier alpha value is -0.570. The third kappa shape index (κ3) is 2.82. The molecule has 1 N–H and O–H groups in total. The van der Waals surface area contributed by atoms with Gasteiger partial charge >= 0.3 is 5.97 Å². The van der Waals surface area contributed by atoms with Crippen LogP contribution in [0, 0.1) is 0 Å². The topological polar surface area (TPSA) is 46.5 Å². The molecule has 0 aromatic carbocycles. The second kappa shape index (κ2) is 5.23.